The van der Waals surface area contributed by atoms with Crippen LogP contribution in [0.3, 0.4) is 0 Å². The van der Waals surface area contributed by atoms with Crippen LogP contribution < -0.4 is 4.90 Å². The van der Waals surface area contributed by atoms with Gasteiger partial charge in [-0.05, 0) is 17.7 Å². The van der Waals surface area contributed by atoms with Crippen LogP contribution >= 0.6 is 0 Å². The summed E-state index contributed by atoms with van der Waals surface area (Å²) in [6.07, 6.45) is 3.11. The number of hydrogen-bond donors (Lipinski definition) is 0. The van der Waals surface area contributed by atoms with Crippen molar-refractivity contribution in [1.29, 1.82) is 0 Å². The lowest BCUT2D eigenvalue weighted by Gasteiger charge is -2.36. The maximum Gasteiger partial charge on any atom is 0.339 e. The Balaban J connectivity index is 1.41. The van der Waals surface area contributed by atoms with Crippen LogP contribution in [0.1, 0.15) is 15.9 Å². The zero-order chi connectivity index (χ0) is 17.2. The van der Waals surface area contributed by atoms with Crippen LogP contribution in [0, 0.1) is 0 Å². The van der Waals surface area contributed by atoms with Crippen molar-refractivity contribution >= 4 is 17.8 Å². The molecule has 0 aliphatic carbocycles. The predicted octanol–water partition coefficient (Wildman–Crippen LogP) is 0.907. The summed E-state index contributed by atoms with van der Waals surface area (Å²) in [7, 11) is 0. The normalized spacial score (nSPS) is 20.0. The third-order valence-electron chi connectivity index (χ3n) is 4.59. The van der Waals surface area contributed by atoms with Crippen LogP contribution in [0.15, 0.2) is 42.7 Å². The molecule has 1 aromatic heterocycles. The lowest BCUT2D eigenvalue weighted by molar-refractivity contribution is -0.141. The Hall–Kier alpha value is -2.96. The number of amides is 1. The molecule has 0 N–H and O–H groups in total. The van der Waals surface area contributed by atoms with E-state index in [1.807, 2.05) is 17.0 Å². The van der Waals surface area contributed by atoms with E-state index < -0.39 is 12.1 Å². The summed E-state index contributed by atoms with van der Waals surface area (Å²) in [4.78, 5) is 37.1. The zero-order valence-corrected chi connectivity index (χ0v) is 13.7. The molecule has 7 heteroatoms. The van der Waals surface area contributed by atoms with Crippen LogP contribution in [0.25, 0.3) is 0 Å². The fourth-order valence-electron chi connectivity index (χ4n) is 3.25. The Morgan fingerprint density at radius 1 is 1.04 bits per heavy atom. The van der Waals surface area contributed by atoms with Gasteiger partial charge in [-0.15, -0.1) is 0 Å². The van der Waals surface area contributed by atoms with E-state index in [1.165, 1.54) is 0 Å². The molecule has 128 valence electrons. The predicted molar refractivity (Wildman–Crippen MR) is 90.2 cm³/mol. The van der Waals surface area contributed by atoms with Gasteiger partial charge in [0.25, 0.3) is 5.91 Å². The quantitative estimate of drug-likeness (QED) is 0.758. The molecular weight excluding hydrogens is 320 g/mol. The number of rotatable bonds is 2. The average Bonchev–Trinajstić information content (AvgIpc) is 2.68. The summed E-state index contributed by atoms with van der Waals surface area (Å²) in [6, 6.07) is 9.06. The van der Waals surface area contributed by atoms with Gasteiger partial charge in [0.2, 0.25) is 5.95 Å². The van der Waals surface area contributed by atoms with Crippen LogP contribution in [0.5, 0.6) is 0 Å². The highest BCUT2D eigenvalue weighted by molar-refractivity contribution is 5.95. The number of ether oxygens (including phenoxy) is 1. The molecule has 7 nitrogen and oxygen atoms in total. The van der Waals surface area contributed by atoms with Gasteiger partial charge in [-0.1, -0.05) is 18.2 Å². The molecule has 1 amide bonds. The number of fused-ring (bicyclic) bond motifs is 1. The minimum absolute atomic E-state index is 0.128. The highest BCUT2D eigenvalue weighted by atomic mass is 16.5. The summed E-state index contributed by atoms with van der Waals surface area (Å²) in [6.45, 7) is 2.44. The number of cyclic esters (lactones) is 1. The van der Waals surface area contributed by atoms with E-state index in [2.05, 4.69) is 9.97 Å². The number of nitrogens with zero attached hydrogens (tertiary/aromatic N) is 4. The van der Waals surface area contributed by atoms with Crippen molar-refractivity contribution in [1.82, 2.24) is 14.9 Å². The molecule has 1 saturated heterocycles. The molecule has 0 spiro atoms. The third kappa shape index (κ3) is 3.05. The van der Waals surface area contributed by atoms with E-state index in [9.17, 15) is 9.59 Å². The van der Waals surface area contributed by atoms with Crippen molar-refractivity contribution in [3.8, 4) is 0 Å². The molecule has 1 atom stereocenters. The van der Waals surface area contributed by atoms with Gasteiger partial charge in [0, 0.05) is 45.0 Å². The van der Waals surface area contributed by atoms with E-state index in [4.69, 9.17) is 4.74 Å². The second-order valence-electron chi connectivity index (χ2n) is 6.12. The van der Waals surface area contributed by atoms with Gasteiger partial charge in [0.1, 0.15) is 0 Å². The van der Waals surface area contributed by atoms with Gasteiger partial charge in [0.05, 0.1) is 5.56 Å². The van der Waals surface area contributed by atoms with E-state index in [-0.39, 0.29) is 5.91 Å². The zero-order valence-electron chi connectivity index (χ0n) is 13.7. The number of esters is 1. The first-order valence-electron chi connectivity index (χ1n) is 8.32. The molecule has 0 saturated carbocycles. The molecule has 3 heterocycles. The standard InChI is InChI=1S/C18H18N4O3/c23-16(15-12-13-4-1-2-5-14(13)17(24)25-15)21-8-10-22(11-9-21)18-19-6-3-7-20-18/h1-7,15H,8-12H2/t15-/m0/s1. The lowest BCUT2D eigenvalue weighted by Crippen LogP contribution is -2.53. The van der Waals surface area contributed by atoms with Gasteiger partial charge in [-0.3, -0.25) is 4.79 Å². The SMILES string of the molecule is O=C1O[C@H](C(=O)N2CCN(c3ncccn3)CC2)Cc2ccccc21. The van der Waals surface area contributed by atoms with E-state index >= 15 is 0 Å². The number of carbonyl (C=O) groups excluding carboxylic acids is 2. The molecule has 1 aromatic carbocycles. The second-order valence-corrected chi connectivity index (χ2v) is 6.12. The number of anilines is 1. The second kappa shape index (κ2) is 6.51. The molecule has 2 aliphatic rings. The van der Waals surface area contributed by atoms with Crippen molar-refractivity contribution in [2.45, 2.75) is 12.5 Å². The fraction of sp³-hybridized carbons (Fsp3) is 0.333. The van der Waals surface area contributed by atoms with Crippen LogP contribution in [0.2, 0.25) is 0 Å². The first-order chi connectivity index (χ1) is 12.2. The number of carbonyl (C=O) groups is 2. The highest BCUT2D eigenvalue weighted by Gasteiger charge is 2.35. The average molecular weight is 338 g/mol. The first kappa shape index (κ1) is 15.6. The number of aromatic nitrogens is 2. The minimum Gasteiger partial charge on any atom is -0.448 e. The first-order valence-corrected chi connectivity index (χ1v) is 8.32. The largest absolute Gasteiger partial charge is 0.448 e. The summed E-state index contributed by atoms with van der Waals surface area (Å²) < 4.78 is 5.37. The molecular formula is C18H18N4O3. The van der Waals surface area contributed by atoms with Crippen molar-refractivity contribution in [2.24, 2.45) is 0 Å². The van der Waals surface area contributed by atoms with Gasteiger partial charge < -0.3 is 14.5 Å². The van der Waals surface area contributed by atoms with Gasteiger partial charge in [-0.25, -0.2) is 14.8 Å². The van der Waals surface area contributed by atoms with Crippen LogP contribution in [-0.2, 0) is 16.0 Å². The summed E-state index contributed by atoms with van der Waals surface area (Å²) in [5, 5.41) is 0. The van der Waals surface area contributed by atoms with Crippen molar-refractivity contribution < 1.29 is 14.3 Å². The Morgan fingerprint density at radius 3 is 2.52 bits per heavy atom. The Bertz CT molecular complexity index is 788. The van der Waals surface area contributed by atoms with Crippen molar-refractivity contribution in [3.63, 3.8) is 0 Å². The van der Waals surface area contributed by atoms with Crippen molar-refractivity contribution in [3.05, 3.63) is 53.9 Å². The summed E-state index contributed by atoms with van der Waals surface area (Å²) in [5.74, 6) is 0.126. The van der Waals surface area contributed by atoms with Crippen molar-refractivity contribution in [2.75, 3.05) is 31.1 Å². The summed E-state index contributed by atoms with van der Waals surface area (Å²) in [5.41, 5.74) is 1.42. The van der Waals surface area contributed by atoms with E-state index in [0.29, 0.717) is 44.1 Å². The number of piperazine rings is 1. The molecule has 2 aromatic rings. The molecule has 25 heavy (non-hydrogen) atoms. The molecule has 1 fully saturated rings. The molecule has 0 bridgehead atoms. The maximum absolute atomic E-state index is 12.8. The van der Waals surface area contributed by atoms with E-state index in [1.54, 1.807) is 35.5 Å². The minimum atomic E-state index is -0.734. The molecule has 0 unspecified atom stereocenters. The Labute approximate surface area is 145 Å². The number of hydrogen-bond acceptors (Lipinski definition) is 6. The Kier molecular flexibility index (Phi) is 4.05. The molecule has 4 rings (SSSR count). The summed E-state index contributed by atoms with van der Waals surface area (Å²) >= 11 is 0. The van der Waals surface area contributed by atoms with Gasteiger partial charge in [-0.2, -0.15) is 0 Å². The Morgan fingerprint density at radius 2 is 1.76 bits per heavy atom. The highest BCUT2D eigenvalue weighted by Crippen LogP contribution is 2.22. The fourth-order valence-corrected chi connectivity index (χ4v) is 3.25. The monoisotopic (exact) mass is 338 g/mol. The number of benzene rings is 1. The van der Waals surface area contributed by atoms with Gasteiger partial charge in [0.15, 0.2) is 6.10 Å². The topological polar surface area (TPSA) is 75.6 Å². The van der Waals surface area contributed by atoms with Crippen LogP contribution in [-0.4, -0.2) is 59.0 Å². The van der Waals surface area contributed by atoms with Crippen LogP contribution in [0.4, 0.5) is 5.95 Å². The molecule has 0 radical (unpaired) electrons. The third-order valence-corrected chi connectivity index (χ3v) is 4.59. The van der Waals surface area contributed by atoms with E-state index in [0.717, 1.165) is 5.56 Å². The maximum atomic E-state index is 12.8. The smallest absolute Gasteiger partial charge is 0.339 e. The molecule has 2 aliphatic heterocycles. The lowest BCUT2D eigenvalue weighted by atomic mass is 9.98. The van der Waals surface area contributed by atoms with Gasteiger partial charge >= 0.3 is 5.97 Å².